The SMILES string of the molecule is O=C(O)C(CC1CCC2(CCCC2)O1)c1ccc(Br)cc1. The maximum atomic E-state index is 11.6. The van der Waals surface area contributed by atoms with E-state index in [1.807, 2.05) is 24.3 Å². The van der Waals surface area contributed by atoms with E-state index in [1.165, 1.54) is 12.8 Å². The average Bonchev–Trinajstić information content (AvgIpc) is 3.08. The second kappa shape index (κ2) is 6.09. The Balaban J connectivity index is 1.69. The second-order valence-corrected chi connectivity index (χ2v) is 7.26. The zero-order valence-electron chi connectivity index (χ0n) is 12.1. The molecule has 2 aliphatic rings. The summed E-state index contributed by atoms with van der Waals surface area (Å²) in [5, 5.41) is 9.55. The van der Waals surface area contributed by atoms with Crippen molar-refractivity contribution in [3.05, 3.63) is 34.3 Å². The fourth-order valence-electron chi connectivity index (χ4n) is 3.79. The highest BCUT2D eigenvalue weighted by Crippen LogP contribution is 2.45. The molecule has 1 aliphatic heterocycles. The standard InChI is InChI=1S/C17H21BrO3/c18-13-5-3-12(4-6-13)15(16(19)20)11-14-7-10-17(21-14)8-1-2-9-17/h3-6,14-15H,1-2,7-11H2,(H,19,20). The van der Waals surface area contributed by atoms with Gasteiger partial charge in [-0.25, -0.2) is 0 Å². The number of aliphatic carboxylic acids is 1. The number of hydrogen-bond acceptors (Lipinski definition) is 2. The van der Waals surface area contributed by atoms with Crippen LogP contribution in [-0.4, -0.2) is 22.8 Å². The van der Waals surface area contributed by atoms with Crippen LogP contribution in [0.1, 0.15) is 56.4 Å². The van der Waals surface area contributed by atoms with Gasteiger partial charge in [0.05, 0.1) is 17.6 Å². The summed E-state index contributed by atoms with van der Waals surface area (Å²) in [6.45, 7) is 0. The first-order valence-corrected chi connectivity index (χ1v) is 8.53. The summed E-state index contributed by atoms with van der Waals surface area (Å²) in [6, 6.07) is 7.59. The number of halogens is 1. The molecule has 4 heteroatoms. The molecule has 1 aromatic rings. The molecule has 3 rings (SSSR count). The lowest BCUT2D eigenvalue weighted by Gasteiger charge is -2.25. The molecule has 0 amide bonds. The highest BCUT2D eigenvalue weighted by atomic mass is 79.9. The Bertz CT molecular complexity index is 505. The van der Waals surface area contributed by atoms with Crippen LogP contribution in [0, 0.1) is 0 Å². The van der Waals surface area contributed by atoms with E-state index < -0.39 is 11.9 Å². The van der Waals surface area contributed by atoms with Gasteiger partial charge in [-0.2, -0.15) is 0 Å². The van der Waals surface area contributed by atoms with Gasteiger partial charge in [0.25, 0.3) is 0 Å². The fourth-order valence-corrected chi connectivity index (χ4v) is 4.05. The Morgan fingerprint density at radius 1 is 1.29 bits per heavy atom. The number of carboxylic acids is 1. The number of ether oxygens (including phenoxy) is 1. The van der Waals surface area contributed by atoms with Crippen molar-refractivity contribution in [2.75, 3.05) is 0 Å². The minimum atomic E-state index is -0.756. The van der Waals surface area contributed by atoms with Crippen LogP contribution in [-0.2, 0) is 9.53 Å². The summed E-state index contributed by atoms with van der Waals surface area (Å²) in [5.74, 6) is -1.23. The summed E-state index contributed by atoms with van der Waals surface area (Å²) in [4.78, 5) is 11.6. The Labute approximate surface area is 133 Å². The van der Waals surface area contributed by atoms with Gasteiger partial charge in [-0.05, 0) is 49.8 Å². The number of hydrogen-bond donors (Lipinski definition) is 1. The first-order valence-electron chi connectivity index (χ1n) is 7.74. The number of benzene rings is 1. The monoisotopic (exact) mass is 352 g/mol. The minimum absolute atomic E-state index is 0.0768. The molecule has 1 saturated heterocycles. The zero-order valence-corrected chi connectivity index (χ0v) is 13.6. The van der Waals surface area contributed by atoms with Crippen molar-refractivity contribution in [1.82, 2.24) is 0 Å². The Hall–Kier alpha value is -0.870. The molecule has 21 heavy (non-hydrogen) atoms. The Kier molecular flexibility index (Phi) is 4.36. The third-order valence-corrected chi connectivity index (χ3v) is 5.45. The van der Waals surface area contributed by atoms with Crippen molar-refractivity contribution in [3.8, 4) is 0 Å². The largest absolute Gasteiger partial charge is 0.481 e. The highest BCUT2D eigenvalue weighted by Gasteiger charge is 2.43. The molecule has 1 saturated carbocycles. The van der Waals surface area contributed by atoms with Gasteiger partial charge in [0.2, 0.25) is 0 Å². The molecule has 0 bridgehead atoms. The van der Waals surface area contributed by atoms with Crippen LogP contribution >= 0.6 is 15.9 Å². The number of carboxylic acid groups (broad SMARTS) is 1. The van der Waals surface area contributed by atoms with E-state index in [9.17, 15) is 9.90 Å². The van der Waals surface area contributed by atoms with Crippen molar-refractivity contribution in [2.45, 2.75) is 62.6 Å². The third kappa shape index (κ3) is 3.32. The Morgan fingerprint density at radius 3 is 2.57 bits per heavy atom. The van der Waals surface area contributed by atoms with E-state index in [0.29, 0.717) is 6.42 Å². The van der Waals surface area contributed by atoms with Gasteiger partial charge in [0.15, 0.2) is 0 Å². The molecule has 1 aliphatic carbocycles. The van der Waals surface area contributed by atoms with E-state index in [4.69, 9.17) is 4.74 Å². The van der Waals surface area contributed by atoms with Crippen molar-refractivity contribution < 1.29 is 14.6 Å². The predicted octanol–water partition coefficient (Wildman–Crippen LogP) is 4.50. The predicted molar refractivity (Wildman–Crippen MR) is 84.4 cm³/mol. The molecular weight excluding hydrogens is 332 g/mol. The van der Waals surface area contributed by atoms with Crippen molar-refractivity contribution in [3.63, 3.8) is 0 Å². The van der Waals surface area contributed by atoms with Crippen LogP contribution < -0.4 is 0 Å². The van der Waals surface area contributed by atoms with Gasteiger partial charge >= 0.3 is 5.97 Å². The van der Waals surface area contributed by atoms with Crippen LogP contribution in [0.25, 0.3) is 0 Å². The van der Waals surface area contributed by atoms with E-state index in [-0.39, 0.29) is 11.7 Å². The van der Waals surface area contributed by atoms with Gasteiger partial charge in [0, 0.05) is 4.47 Å². The van der Waals surface area contributed by atoms with E-state index in [0.717, 1.165) is 35.7 Å². The molecular formula is C17H21BrO3. The zero-order chi connectivity index (χ0) is 14.9. The quantitative estimate of drug-likeness (QED) is 0.867. The van der Waals surface area contributed by atoms with Gasteiger partial charge in [-0.1, -0.05) is 40.9 Å². The second-order valence-electron chi connectivity index (χ2n) is 6.35. The summed E-state index contributed by atoms with van der Waals surface area (Å²) in [7, 11) is 0. The fraction of sp³-hybridized carbons (Fsp3) is 0.588. The molecule has 1 spiro atoms. The first-order chi connectivity index (χ1) is 10.1. The van der Waals surface area contributed by atoms with Gasteiger partial charge in [-0.15, -0.1) is 0 Å². The molecule has 1 N–H and O–H groups in total. The van der Waals surface area contributed by atoms with Crippen molar-refractivity contribution >= 4 is 21.9 Å². The lowest BCUT2D eigenvalue weighted by Crippen LogP contribution is -2.26. The van der Waals surface area contributed by atoms with Gasteiger partial charge in [-0.3, -0.25) is 4.79 Å². The first kappa shape index (κ1) is 15.0. The summed E-state index contributed by atoms with van der Waals surface area (Å²) < 4.78 is 7.23. The third-order valence-electron chi connectivity index (χ3n) is 4.92. The van der Waals surface area contributed by atoms with Crippen LogP contribution in [0.3, 0.4) is 0 Å². The smallest absolute Gasteiger partial charge is 0.311 e. The van der Waals surface area contributed by atoms with Gasteiger partial charge in [0.1, 0.15) is 0 Å². The van der Waals surface area contributed by atoms with Crippen molar-refractivity contribution in [1.29, 1.82) is 0 Å². The van der Waals surface area contributed by atoms with E-state index in [1.54, 1.807) is 0 Å². The summed E-state index contributed by atoms with van der Waals surface area (Å²) >= 11 is 3.39. The maximum Gasteiger partial charge on any atom is 0.311 e. The Morgan fingerprint density at radius 2 is 1.95 bits per heavy atom. The molecule has 3 nitrogen and oxygen atoms in total. The number of carbonyl (C=O) groups is 1. The van der Waals surface area contributed by atoms with Crippen LogP contribution in [0.15, 0.2) is 28.7 Å². The van der Waals surface area contributed by atoms with Gasteiger partial charge < -0.3 is 9.84 Å². The molecule has 1 heterocycles. The lowest BCUT2D eigenvalue weighted by atomic mass is 9.91. The normalized spacial score (nSPS) is 25.3. The highest BCUT2D eigenvalue weighted by molar-refractivity contribution is 9.10. The van der Waals surface area contributed by atoms with Crippen LogP contribution in [0.4, 0.5) is 0 Å². The minimum Gasteiger partial charge on any atom is -0.481 e. The molecule has 2 atom stereocenters. The molecule has 1 aromatic carbocycles. The molecule has 0 aromatic heterocycles. The molecule has 2 unspecified atom stereocenters. The molecule has 2 fully saturated rings. The van der Waals surface area contributed by atoms with E-state index >= 15 is 0 Å². The maximum absolute atomic E-state index is 11.6. The van der Waals surface area contributed by atoms with Crippen molar-refractivity contribution in [2.24, 2.45) is 0 Å². The topological polar surface area (TPSA) is 46.5 Å². The molecule has 0 radical (unpaired) electrons. The van der Waals surface area contributed by atoms with Crippen LogP contribution in [0.5, 0.6) is 0 Å². The summed E-state index contributed by atoms with van der Waals surface area (Å²) in [6.07, 6.45) is 7.58. The molecule has 114 valence electrons. The number of rotatable bonds is 4. The van der Waals surface area contributed by atoms with E-state index in [2.05, 4.69) is 15.9 Å². The van der Waals surface area contributed by atoms with Crippen LogP contribution in [0.2, 0.25) is 0 Å². The average molecular weight is 353 g/mol. The lowest BCUT2D eigenvalue weighted by molar-refractivity contribution is -0.140. The summed E-state index contributed by atoms with van der Waals surface area (Å²) in [5.41, 5.74) is 0.939.